The Balaban J connectivity index is 1.60. The van der Waals surface area contributed by atoms with Crippen LogP contribution in [0.1, 0.15) is 24.0 Å². The SMILES string of the molecule is COCCCOc1cc2c(cc1OCCCOC)-c1n[nH]c(-c3ccccn3)c1C2. The lowest BCUT2D eigenvalue weighted by Gasteiger charge is -2.15. The Hall–Kier alpha value is -2.90. The van der Waals surface area contributed by atoms with Gasteiger partial charge in [0.2, 0.25) is 0 Å². The fraction of sp³-hybridized carbons (Fsp3) is 0.391. The molecule has 1 N–H and O–H groups in total. The quantitative estimate of drug-likeness (QED) is 0.379. The van der Waals surface area contributed by atoms with Crippen molar-refractivity contribution in [3.63, 3.8) is 0 Å². The summed E-state index contributed by atoms with van der Waals surface area (Å²) in [6.07, 6.45) is 4.21. The lowest BCUT2D eigenvalue weighted by atomic mass is 10.1. The van der Waals surface area contributed by atoms with Crippen LogP contribution in [0.2, 0.25) is 0 Å². The van der Waals surface area contributed by atoms with E-state index in [1.807, 2.05) is 24.3 Å². The molecule has 0 unspecified atom stereocenters. The van der Waals surface area contributed by atoms with Crippen LogP contribution in [0.25, 0.3) is 22.6 Å². The molecule has 0 saturated carbocycles. The van der Waals surface area contributed by atoms with Gasteiger partial charge in [-0.05, 0) is 29.8 Å². The summed E-state index contributed by atoms with van der Waals surface area (Å²) < 4.78 is 22.3. The van der Waals surface area contributed by atoms with E-state index in [0.717, 1.165) is 59.0 Å². The average Bonchev–Trinajstić information content (AvgIpc) is 3.34. The van der Waals surface area contributed by atoms with Gasteiger partial charge in [0.25, 0.3) is 0 Å². The first-order chi connectivity index (χ1) is 14.8. The zero-order valence-electron chi connectivity index (χ0n) is 17.4. The van der Waals surface area contributed by atoms with Crippen molar-refractivity contribution in [1.29, 1.82) is 0 Å². The van der Waals surface area contributed by atoms with Gasteiger partial charge < -0.3 is 18.9 Å². The average molecular weight is 409 g/mol. The molecule has 1 aliphatic carbocycles. The van der Waals surface area contributed by atoms with E-state index in [-0.39, 0.29) is 0 Å². The van der Waals surface area contributed by atoms with E-state index in [4.69, 9.17) is 18.9 Å². The number of hydrogen-bond acceptors (Lipinski definition) is 6. The molecule has 0 aliphatic heterocycles. The normalized spacial score (nSPS) is 11.9. The third-order valence-corrected chi connectivity index (χ3v) is 5.08. The summed E-state index contributed by atoms with van der Waals surface area (Å²) in [4.78, 5) is 4.47. The van der Waals surface area contributed by atoms with Crippen molar-refractivity contribution < 1.29 is 18.9 Å². The molecule has 30 heavy (non-hydrogen) atoms. The highest BCUT2D eigenvalue weighted by Crippen LogP contribution is 2.44. The molecule has 0 bridgehead atoms. The molecule has 7 heteroatoms. The van der Waals surface area contributed by atoms with Gasteiger partial charge in [-0.25, -0.2) is 0 Å². The first kappa shape index (κ1) is 20.4. The Kier molecular flexibility index (Phi) is 6.61. The monoisotopic (exact) mass is 409 g/mol. The predicted octanol–water partition coefficient (Wildman–Crippen LogP) is 3.87. The van der Waals surface area contributed by atoms with Crippen molar-refractivity contribution >= 4 is 0 Å². The van der Waals surface area contributed by atoms with Gasteiger partial charge in [-0.2, -0.15) is 5.10 Å². The third kappa shape index (κ3) is 4.32. The second-order valence-electron chi connectivity index (χ2n) is 7.16. The van der Waals surface area contributed by atoms with E-state index in [9.17, 15) is 0 Å². The minimum Gasteiger partial charge on any atom is -0.490 e. The minimum atomic E-state index is 0.563. The van der Waals surface area contributed by atoms with E-state index in [1.165, 1.54) is 5.56 Å². The summed E-state index contributed by atoms with van der Waals surface area (Å²) in [5, 5.41) is 7.74. The maximum absolute atomic E-state index is 6.04. The summed E-state index contributed by atoms with van der Waals surface area (Å²) >= 11 is 0. The zero-order chi connectivity index (χ0) is 20.8. The molecule has 1 aliphatic rings. The van der Waals surface area contributed by atoms with Gasteiger partial charge in [-0.15, -0.1) is 0 Å². The molecule has 3 aromatic rings. The molecule has 0 fully saturated rings. The highest BCUT2D eigenvalue weighted by Gasteiger charge is 2.28. The van der Waals surface area contributed by atoms with Crippen LogP contribution in [0.5, 0.6) is 11.5 Å². The van der Waals surface area contributed by atoms with Crippen molar-refractivity contribution in [2.75, 3.05) is 40.6 Å². The summed E-state index contributed by atoms with van der Waals surface area (Å²) in [5.74, 6) is 1.49. The Morgan fingerprint density at radius 3 is 2.33 bits per heavy atom. The zero-order valence-corrected chi connectivity index (χ0v) is 17.4. The first-order valence-electron chi connectivity index (χ1n) is 10.2. The van der Waals surface area contributed by atoms with E-state index >= 15 is 0 Å². The number of aromatic nitrogens is 3. The minimum absolute atomic E-state index is 0.563. The van der Waals surface area contributed by atoms with Crippen LogP contribution >= 0.6 is 0 Å². The van der Waals surface area contributed by atoms with Gasteiger partial charge in [-0.1, -0.05) is 6.07 Å². The topological polar surface area (TPSA) is 78.5 Å². The van der Waals surface area contributed by atoms with Crippen molar-refractivity contribution in [3.05, 3.63) is 47.7 Å². The highest BCUT2D eigenvalue weighted by molar-refractivity contribution is 5.81. The fourth-order valence-electron chi connectivity index (χ4n) is 3.64. The number of methoxy groups -OCH3 is 2. The number of aromatic amines is 1. The van der Waals surface area contributed by atoms with Crippen LogP contribution in [-0.2, 0) is 15.9 Å². The maximum Gasteiger partial charge on any atom is 0.161 e. The summed E-state index contributed by atoms with van der Waals surface area (Å²) in [6.45, 7) is 2.46. The molecule has 0 spiro atoms. The van der Waals surface area contributed by atoms with Gasteiger partial charge >= 0.3 is 0 Å². The third-order valence-electron chi connectivity index (χ3n) is 5.08. The van der Waals surface area contributed by atoms with Crippen molar-refractivity contribution in [2.24, 2.45) is 0 Å². The lowest BCUT2D eigenvalue weighted by molar-refractivity contribution is 0.163. The van der Waals surface area contributed by atoms with E-state index in [1.54, 1.807) is 20.4 Å². The fourth-order valence-corrected chi connectivity index (χ4v) is 3.64. The number of nitrogens with zero attached hydrogens (tertiary/aromatic N) is 2. The van der Waals surface area contributed by atoms with E-state index in [2.05, 4.69) is 21.2 Å². The molecule has 1 aromatic carbocycles. The van der Waals surface area contributed by atoms with Crippen molar-refractivity contribution in [2.45, 2.75) is 19.3 Å². The molecule has 0 atom stereocenters. The van der Waals surface area contributed by atoms with E-state index < -0.39 is 0 Å². The van der Waals surface area contributed by atoms with Gasteiger partial charge in [0.1, 0.15) is 0 Å². The highest BCUT2D eigenvalue weighted by atomic mass is 16.5. The van der Waals surface area contributed by atoms with Crippen molar-refractivity contribution in [1.82, 2.24) is 15.2 Å². The molecular formula is C23H27N3O4. The second kappa shape index (κ2) is 9.73. The Morgan fingerprint density at radius 2 is 1.67 bits per heavy atom. The van der Waals surface area contributed by atoms with Gasteiger partial charge in [0.15, 0.2) is 11.5 Å². The predicted molar refractivity (Wildman–Crippen MR) is 114 cm³/mol. The molecule has 158 valence electrons. The van der Waals surface area contributed by atoms with Crippen LogP contribution in [0.15, 0.2) is 36.5 Å². The summed E-state index contributed by atoms with van der Waals surface area (Å²) in [6, 6.07) is 10.0. The van der Waals surface area contributed by atoms with Gasteiger partial charge in [0.05, 0.1) is 30.3 Å². The van der Waals surface area contributed by atoms with Gasteiger partial charge in [-0.3, -0.25) is 10.1 Å². The number of H-pyrrole nitrogens is 1. The largest absolute Gasteiger partial charge is 0.490 e. The molecular weight excluding hydrogens is 382 g/mol. The number of ether oxygens (including phenoxy) is 4. The Bertz CT molecular complexity index is 972. The van der Waals surface area contributed by atoms with Crippen LogP contribution in [0, 0.1) is 0 Å². The molecule has 0 radical (unpaired) electrons. The maximum atomic E-state index is 6.04. The lowest BCUT2D eigenvalue weighted by Crippen LogP contribution is -2.06. The van der Waals surface area contributed by atoms with Crippen molar-refractivity contribution in [3.8, 4) is 34.1 Å². The number of fused-ring (bicyclic) bond motifs is 3. The van der Waals surface area contributed by atoms with Gasteiger partial charge in [0, 0.05) is 64.0 Å². The van der Waals surface area contributed by atoms with Crippen LogP contribution < -0.4 is 9.47 Å². The second-order valence-corrected chi connectivity index (χ2v) is 7.16. The van der Waals surface area contributed by atoms with E-state index in [0.29, 0.717) is 26.4 Å². The van der Waals surface area contributed by atoms with Crippen LogP contribution in [0.3, 0.4) is 0 Å². The Labute approximate surface area is 176 Å². The molecule has 0 saturated heterocycles. The molecule has 2 heterocycles. The standard InChI is InChI=1S/C23H27N3O4/c1-27-9-5-11-29-20-14-16-13-18-22(17(16)15-21(20)30-12-6-10-28-2)25-26-23(18)19-7-3-4-8-24-19/h3-4,7-8,14-15H,5-6,9-13H2,1-2H3,(H,25,26). The molecule has 2 aromatic heterocycles. The molecule has 7 nitrogen and oxygen atoms in total. The number of nitrogens with one attached hydrogen (secondary N) is 1. The number of benzene rings is 1. The number of pyridine rings is 1. The molecule has 0 amide bonds. The smallest absolute Gasteiger partial charge is 0.161 e. The number of rotatable bonds is 11. The number of hydrogen-bond donors (Lipinski definition) is 1. The Morgan fingerprint density at radius 1 is 0.933 bits per heavy atom. The summed E-state index contributed by atoms with van der Waals surface area (Å²) in [7, 11) is 3.39. The first-order valence-corrected chi connectivity index (χ1v) is 10.2. The summed E-state index contributed by atoms with van der Waals surface area (Å²) in [5.41, 5.74) is 6.24. The molecule has 4 rings (SSSR count). The van der Waals surface area contributed by atoms with Crippen LogP contribution in [0.4, 0.5) is 0 Å². The van der Waals surface area contributed by atoms with Crippen LogP contribution in [-0.4, -0.2) is 55.8 Å².